The standard InChI is InChI=1S/C40H53F2N5O9S.3H2/c1-23-11-7-8-12-25-19-40(25,36(50)46-57(52,53)39(6)15-16-39)45-33(48)29-18-26(21-47(29)35(49)32(24(2)17-23)44-37(51)56-38(3,4)5)55-34-28-14-10-9-13-27(28)30(20-43-34)54-22-31(41)42;;;/h8-10,12-14,20,23-26,29,31-32H,7,11,15-19,21-22H2,1-6H3,(H,44,51)(H,45,48)(H,46,50);3*1H/b12-8-;;;/t23-,24-,25-,26-,29+,32+,40-;;;/m1.../s1. The number of hydrogen-bond acceptors (Lipinski definition) is 10. The van der Waals surface area contributed by atoms with Crippen LogP contribution in [0.3, 0.4) is 0 Å². The second kappa shape index (κ2) is 16.0. The summed E-state index contributed by atoms with van der Waals surface area (Å²) < 4.78 is 70.8. The Morgan fingerprint density at radius 2 is 1.82 bits per heavy atom. The van der Waals surface area contributed by atoms with E-state index in [0.717, 1.165) is 6.42 Å². The second-order valence-corrected chi connectivity index (χ2v) is 19.5. The molecule has 0 spiro atoms. The highest BCUT2D eigenvalue weighted by atomic mass is 32.2. The lowest BCUT2D eigenvalue weighted by Gasteiger charge is -2.33. The van der Waals surface area contributed by atoms with Gasteiger partial charge < -0.3 is 29.7 Å². The first kappa shape index (κ1) is 42.1. The van der Waals surface area contributed by atoms with E-state index in [1.54, 1.807) is 52.0 Å². The number of nitrogens with one attached hydrogen (secondary N) is 3. The Labute approximate surface area is 336 Å². The number of alkyl halides is 2. The fourth-order valence-electron chi connectivity index (χ4n) is 7.69. The van der Waals surface area contributed by atoms with Crippen molar-refractivity contribution in [3.63, 3.8) is 0 Å². The number of pyridine rings is 1. The molecule has 0 unspecified atom stereocenters. The first-order chi connectivity index (χ1) is 26.7. The summed E-state index contributed by atoms with van der Waals surface area (Å²) in [6.07, 6.45) is 3.52. The topological polar surface area (TPSA) is 182 Å². The molecule has 4 amide bonds. The van der Waals surface area contributed by atoms with Crippen LogP contribution in [0, 0.1) is 17.8 Å². The molecule has 0 radical (unpaired) electrons. The molecule has 1 aromatic heterocycles. The van der Waals surface area contributed by atoms with E-state index in [4.69, 9.17) is 14.2 Å². The minimum Gasteiger partial charge on any atom is -0.485 e. The van der Waals surface area contributed by atoms with Crippen molar-refractivity contribution in [2.24, 2.45) is 17.8 Å². The monoisotopic (exact) mass is 823 g/mol. The molecule has 2 saturated carbocycles. The van der Waals surface area contributed by atoms with Crippen molar-refractivity contribution in [3.8, 4) is 11.6 Å². The number of amides is 4. The van der Waals surface area contributed by atoms with Crippen molar-refractivity contribution >= 4 is 44.6 Å². The molecule has 14 nitrogen and oxygen atoms in total. The molecular weight excluding hydrogens is 765 g/mol. The number of rotatable bonds is 9. The largest absolute Gasteiger partial charge is 0.485 e. The summed E-state index contributed by atoms with van der Waals surface area (Å²) in [6.45, 7) is 9.62. The van der Waals surface area contributed by atoms with E-state index in [1.807, 2.05) is 26.0 Å². The fraction of sp³-hybridized carbons (Fsp3) is 0.625. The van der Waals surface area contributed by atoms with E-state index < -0.39 is 92.8 Å². The van der Waals surface area contributed by atoms with Crippen LogP contribution in [0.5, 0.6) is 11.6 Å². The van der Waals surface area contributed by atoms with Gasteiger partial charge >= 0.3 is 6.09 Å². The maximum atomic E-state index is 14.8. The number of fused-ring (bicyclic) bond motifs is 3. The van der Waals surface area contributed by atoms with Crippen LogP contribution in [0.1, 0.15) is 90.8 Å². The van der Waals surface area contributed by atoms with Crippen molar-refractivity contribution in [2.45, 2.75) is 127 Å². The number of alkyl carbamates (subject to hydrolysis) is 1. The van der Waals surface area contributed by atoms with E-state index in [9.17, 15) is 36.4 Å². The lowest BCUT2D eigenvalue weighted by atomic mass is 9.88. The van der Waals surface area contributed by atoms with Crippen LogP contribution < -0.4 is 24.8 Å². The molecule has 318 valence electrons. The summed E-state index contributed by atoms with van der Waals surface area (Å²) in [7, 11) is -4.04. The van der Waals surface area contributed by atoms with Gasteiger partial charge in [-0.05, 0) is 84.1 Å². The Morgan fingerprint density at radius 3 is 2.49 bits per heavy atom. The highest BCUT2D eigenvalue weighted by Crippen LogP contribution is 2.47. The van der Waals surface area contributed by atoms with Crippen molar-refractivity contribution in [3.05, 3.63) is 42.6 Å². The van der Waals surface area contributed by atoms with Crippen molar-refractivity contribution in [1.29, 1.82) is 0 Å². The van der Waals surface area contributed by atoms with Gasteiger partial charge in [0, 0.05) is 27.4 Å². The molecule has 17 heteroatoms. The zero-order valence-electron chi connectivity index (χ0n) is 33.2. The number of sulfonamides is 1. The van der Waals surface area contributed by atoms with Crippen LogP contribution in [0.4, 0.5) is 13.6 Å². The van der Waals surface area contributed by atoms with Gasteiger partial charge in [0.2, 0.25) is 27.7 Å². The van der Waals surface area contributed by atoms with Crippen LogP contribution in [0.2, 0.25) is 0 Å². The summed E-state index contributed by atoms with van der Waals surface area (Å²) in [4.78, 5) is 62.1. The maximum absolute atomic E-state index is 14.8. The van der Waals surface area contributed by atoms with Gasteiger partial charge in [0.1, 0.15) is 41.7 Å². The summed E-state index contributed by atoms with van der Waals surface area (Å²) in [6, 6.07) is 4.45. The zero-order chi connectivity index (χ0) is 41.5. The number of nitrogens with zero attached hydrogens (tertiary/aromatic N) is 2. The molecule has 1 saturated heterocycles. The van der Waals surface area contributed by atoms with Gasteiger partial charge in [-0.25, -0.2) is 27.0 Å². The van der Waals surface area contributed by atoms with Crippen LogP contribution in [-0.4, -0.2) is 95.8 Å². The van der Waals surface area contributed by atoms with Crippen molar-refractivity contribution in [2.75, 3.05) is 13.2 Å². The predicted octanol–water partition coefficient (Wildman–Crippen LogP) is 5.74. The molecule has 4 aliphatic rings. The van der Waals surface area contributed by atoms with Gasteiger partial charge in [-0.1, -0.05) is 44.2 Å². The highest BCUT2D eigenvalue weighted by molar-refractivity contribution is 7.91. The quantitative estimate of drug-likeness (QED) is 0.264. The first-order valence-corrected chi connectivity index (χ1v) is 21.0. The SMILES string of the molecule is C[C@@H]1CC/C=C\[C@@H]2C[C@@]2(C(=O)NS(=O)(=O)C2(C)CC2)NC(=O)[C@@H]2C[C@@H](Oc3ncc(OCC(F)F)c4ccccc34)CN2C(=O)[C@@H](NC(=O)OC(C)(C)C)[C@H](C)C1.[HH].[HH].[HH]. The second-order valence-electron chi connectivity index (χ2n) is 17.3. The Kier molecular flexibility index (Phi) is 11.8. The van der Waals surface area contributed by atoms with E-state index in [0.29, 0.717) is 36.5 Å². The van der Waals surface area contributed by atoms with Gasteiger partial charge in [-0.3, -0.25) is 19.1 Å². The molecule has 3 fully saturated rings. The number of carbonyl (C=O) groups excluding carboxylic acids is 4. The third kappa shape index (κ3) is 9.44. The fourth-order valence-corrected chi connectivity index (χ4v) is 9.00. The number of benzene rings is 1. The molecular formula is C40H59F2N5O9S. The van der Waals surface area contributed by atoms with E-state index in [-0.39, 0.29) is 41.2 Å². The van der Waals surface area contributed by atoms with Crippen LogP contribution >= 0.6 is 0 Å². The summed E-state index contributed by atoms with van der Waals surface area (Å²) >= 11 is 0. The Morgan fingerprint density at radius 1 is 1.12 bits per heavy atom. The predicted molar refractivity (Wildman–Crippen MR) is 212 cm³/mol. The number of carbonyl (C=O) groups is 4. The summed E-state index contributed by atoms with van der Waals surface area (Å²) in [5.74, 6) is -2.65. The summed E-state index contributed by atoms with van der Waals surface area (Å²) in [5.41, 5.74) is -2.45. The van der Waals surface area contributed by atoms with Crippen LogP contribution in [0.15, 0.2) is 42.6 Å². The van der Waals surface area contributed by atoms with Gasteiger partial charge in [0.05, 0.1) is 17.5 Å². The van der Waals surface area contributed by atoms with E-state index in [1.165, 1.54) is 11.1 Å². The normalized spacial score (nSPS) is 29.5. The molecule has 6 rings (SSSR count). The van der Waals surface area contributed by atoms with Gasteiger partial charge in [-0.2, -0.15) is 0 Å². The third-order valence-electron chi connectivity index (χ3n) is 11.3. The third-order valence-corrected chi connectivity index (χ3v) is 13.4. The maximum Gasteiger partial charge on any atom is 0.408 e. The molecule has 3 N–H and O–H groups in total. The van der Waals surface area contributed by atoms with Crippen LogP contribution in [0.25, 0.3) is 10.8 Å². The van der Waals surface area contributed by atoms with Gasteiger partial charge in [0.15, 0.2) is 0 Å². The molecule has 1 aromatic carbocycles. The molecule has 0 bridgehead atoms. The summed E-state index contributed by atoms with van der Waals surface area (Å²) in [5, 5.41) is 6.53. The Balaban J connectivity index is 0.00000320. The molecule has 3 heterocycles. The molecule has 2 aromatic rings. The minimum absolute atomic E-state index is 0. The molecule has 2 aliphatic heterocycles. The number of ether oxygens (including phenoxy) is 3. The molecule has 2 aliphatic carbocycles. The lowest BCUT2D eigenvalue weighted by Crippen LogP contribution is -2.59. The van der Waals surface area contributed by atoms with Crippen LogP contribution in [-0.2, 0) is 29.1 Å². The van der Waals surface area contributed by atoms with E-state index in [2.05, 4.69) is 20.3 Å². The zero-order valence-corrected chi connectivity index (χ0v) is 34.0. The van der Waals surface area contributed by atoms with Crippen molar-refractivity contribution in [1.82, 2.24) is 25.2 Å². The average molecular weight is 824 g/mol. The number of halogens is 2. The van der Waals surface area contributed by atoms with Gasteiger partial charge in [0.25, 0.3) is 12.3 Å². The Hall–Kier alpha value is -4.54. The highest BCUT2D eigenvalue weighted by Gasteiger charge is 2.63. The molecule has 57 heavy (non-hydrogen) atoms. The van der Waals surface area contributed by atoms with Gasteiger partial charge in [-0.15, -0.1) is 0 Å². The average Bonchev–Trinajstić information content (AvgIpc) is 4.00. The minimum atomic E-state index is -4.04. The first-order valence-electron chi connectivity index (χ1n) is 19.5. The Bertz CT molecular complexity index is 2040. The van der Waals surface area contributed by atoms with Crippen molar-refractivity contribution < 1.29 is 54.9 Å². The number of allylic oxidation sites excluding steroid dienone is 1. The smallest absolute Gasteiger partial charge is 0.408 e. The lowest BCUT2D eigenvalue weighted by molar-refractivity contribution is -0.142. The molecule has 7 atom stereocenters. The number of hydrogen-bond donors (Lipinski definition) is 3. The van der Waals surface area contributed by atoms with E-state index >= 15 is 0 Å². The number of aromatic nitrogens is 1.